The number of hydrogen-bond acceptors (Lipinski definition) is 4. The van der Waals surface area contributed by atoms with Gasteiger partial charge in [0.2, 0.25) is 0 Å². The molecule has 0 aromatic heterocycles. The van der Waals surface area contributed by atoms with E-state index in [0.717, 1.165) is 32.1 Å². The average Bonchev–Trinajstić information content (AvgIpc) is 2.94. The second-order valence-electron chi connectivity index (χ2n) is 6.13. The Morgan fingerprint density at radius 2 is 2.16 bits per heavy atom. The van der Waals surface area contributed by atoms with Gasteiger partial charge in [0.05, 0.1) is 6.61 Å². The molecule has 0 radical (unpaired) electrons. The van der Waals surface area contributed by atoms with E-state index in [1.165, 1.54) is 32.5 Å². The molecule has 2 atom stereocenters. The molecule has 2 fully saturated rings. The molecule has 2 aliphatic heterocycles. The Hall–Kier alpha value is -0.160. The molecule has 0 saturated carbocycles. The van der Waals surface area contributed by atoms with Gasteiger partial charge < -0.3 is 19.7 Å². The standard InChI is InChI=1S/C15H30N2O2/c1-4-17-8-5-14(6-9-17)13(2)16-11-15(18-3)7-10-19-12-15/h13-14,16H,4-12H2,1-3H3. The van der Waals surface area contributed by atoms with Gasteiger partial charge in [-0.2, -0.15) is 0 Å². The molecule has 2 saturated heterocycles. The van der Waals surface area contributed by atoms with Crippen molar-refractivity contribution in [3.63, 3.8) is 0 Å². The van der Waals surface area contributed by atoms with Crippen LogP contribution < -0.4 is 5.32 Å². The fourth-order valence-corrected chi connectivity index (χ4v) is 3.24. The zero-order valence-corrected chi connectivity index (χ0v) is 12.8. The maximum absolute atomic E-state index is 5.68. The molecule has 2 aliphatic rings. The van der Waals surface area contributed by atoms with Crippen LogP contribution in [0.25, 0.3) is 0 Å². The van der Waals surface area contributed by atoms with E-state index < -0.39 is 0 Å². The number of rotatable bonds is 6. The Balaban J connectivity index is 1.73. The molecule has 0 amide bonds. The van der Waals surface area contributed by atoms with Crippen molar-refractivity contribution >= 4 is 0 Å². The lowest BCUT2D eigenvalue weighted by atomic mass is 9.89. The average molecular weight is 270 g/mol. The van der Waals surface area contributed by atoms with Crippen LogP contribution in [0.5, 0.6) is 0 Å². The molecule has 4 heteroatoms. The van der Waals surface area contributed by atoms with Crippen LogP contribution in [0.4, 0.5) is 0 Å². The Bertz CT molecular complexity index is 259. The summed E-state index contributed by atoms with van der Waals surface area (Å²) in [7, 11) is 1.81. The summed E-state index contributed by atoms with van der Waals surface area (Å²) in [5.41, 5.74) is -0.0849. The van der Waals surface area contributed by atoms with Gasteiger partial charge in [-0.05, 0) is 45.3 Å². The minimum absolute atomic E-state index is 0.0849. The van der Waals surface area contributed by atoms with Crippen molar-refractivity contribution in [1.82, 2.24) is 10.2 Å². The van der Waals surface area contributed by atoms with Crippen LogP contribution in [-0.2, 0) is 9.47 Å². The van der Waals surface area contributed by atoms with Crippen LogP contribution in [0.2, 0.25) is 0 Å². The number of nitrogens with one attached hydrogen (secondary N) is 1. The van der Waals surface area contributed by atoms with Gasteiger partial charge in [-0.25, -0.2) is 0 Å². The minimum atomic E-state index is -0.0849. The largest absolute Gasteiger partial charge is 0.378 e. The van der Waals surface area contributed by atoms with Crippen LogP contribution in [0, 0.1) is 5.92 Å². The highest BCUT2D eigenvalue weighted by Crippen LogP contribution is 2.24. The SMILES string of the molecule is CCN1CCC(C(C)NCC2(OC)CCOC2)CC1. The van der Waals surface area contributed by atoms with Crippen molar-refractivity contribution in [2.75, 3.05) is 46.5 Å². The topological polar surface area (TPSA) is 33.7 Å². The third kappa shape index (κ3) is 3.91. The Labute approximate surface area is 117 Å². The maximum atomic E-state index is 5.68. The number of ether oxygens (including phenoxy) is 2. The first kappa shape index (κ1) is 15.2. The fourth-order valence-electron chi connectivity index (χ4n) is 3.24. The Morgan fingerprint density at radius 3 is 2.68 bits per heavy atom. The molecule has 1 N–H and O–H groups in total. The van der Waals surface area contributed by atoms with Gasteiger partial charge in [0.15, 0.2) is 0 Å². The van der Waals surface area contributed by atoms with Crippen LogP contribution in [0.1, 0.15) is 33.1 Å². The summed E-state index contributed by atoms with van der Waals surface area (Å²) >= 11 is 0. The monoisotopic (exact) mass is 270 g/mol. The third-order valence-electron chi connectivity index (χ3n) is 5.03. The predicted molar refractivity (Wildman–Crippen MR) is 77.5 cm³/mol. The quantitative estimate of drug-likeness (QED) is 0.793. The summed E-state index contributed by atoms with van der Waals surface area (Å²) in [6, 6.07) is 0.576. The fraction of sp³-hybridized carbons (Fsp3) is 1.00. The van der Waals surface area contributed by atoms with Crippen molar-refractivity contribution in [3.8, 4) is 0 Å². The zero-order chi connectivity index (χ0) is 13.7. The number of piperidine rings is 1. The first-order chi connectivity index (χ1) is 9.19. The highest BCUT2D eigenvalue weighted by Gasteiger charge is 2.35. The van der Waals surface area contributed by atoms with Crippen molar-refractivity contribution in [1.29, 1.82) is 0 Å². The van der Waals surface area contributed by atoms with E-state index in [1.807, 2.05) is 0 Å². The molecule has 0 aromatic carbocycles. The minimum Gasteiger partial charge on any atom is -0.378 e. The summed E-state index contributed by atoms with van der Waals surface area (Å²) in [5.74, 6) is 0.805. The number of nitrogens with zero attached hydrogens (tertiary/aromatic N) is 1. The number of hydrogen-bond donors (Lipinski definition) is 1. The molecule has 112 valence electrons. The molecule has 0 bridgehead atoms. The van der Waals surface area contributed by atoms with E-state index in [-0.39, 0.29) is 5.60 Å². The summed E-state index contributed by atoms with van der Waals surface area (Å²) < 4.78 is 11.2. The molecule has 2 heterocycles. The molecule has 0 aromatic rings. The lowest BCUT2D eigenvalue weighted by Crippen LogP contribution is -2.49. The van der Waals surface area contributed by atoms with Crippen molar-refractivity contribution in [3.05, 3.63) is 0 Å². The van der Waals surface area contributed by atoms with Gasteiger partial charge >= 0.3 is 0 Å². The van der Waals surface area contributed by atoms with Crippen molar-refractivity contribution < 1.29 is 9.47 Å². The van der Waals surface area contributed by atoms with E-state index in [1.54, 1.807) is 7.11 Å². The molecule has 0 aliphatic carbocycles. The van der Waals surface area contributed by atoms with E-state index in [4.69, 9.17) is 9.47 Å². The first-order valence-corrected chi connectivity index (χ1v) is 7.78. The smallest absolute Gasteiger partial charge is 0.106 e. The van der Waals surface area contributed by atoms with Crippen molar-refractivity contribution in [2.45, 2.75) is 44.8 Å². The molecule has 2 unspecified atom stereocenters. The zero-order valence-electron chi connectivity index (χ0n) is 12.8. The van der Waals surface area contributed by atoms with Gasteiger partial charge in [-0.3, -0.25) is 0 Å². The summed E-state index contributed by atoms with van der Waals surface area (Å²) in [5, 5.41) is 3.70. The number of likely N-dealkylation sites (tertiary alicyclic amines) is 1. The van der Waals surface area contributed by atoms with E-state index in [0.29, 0.717) is 6.04 Å². The lowest BCUT2D eigenvalue weighted by molar-refractivity contribution is -0.0189. The van der Waals surface area contributed by atoms with Gasteiger partial charge in [0.25, 0.3) is 0 Å². The van der Waals surface area contributed by atoms with Crippen LogP contribution >= 0.6 is 0 Å². The molecular weight excluding hydrogens is 240 g/mol. The Morgan fingerprint density at radius 1 is 1.42 bits per heavy atom. The van der Waals surface area contributed by atoms with Crippen LogP contribution in [0.15, 0.2) is 0 Å². The summed E-state index contributed by atoms with van der Waals surface area (Å²) in [6.45, 7) is 10.8. The molecular formula is C15H30N2O2. The van der Waals surface area contributed by atoms with E-state index in [9.17, 15) is 0 Å². The van der Waals surface area contributed by atoms with Gasteiger partial charge in [-0.15, -0.1) is 0 Å². The van der Waals surface area contributed by atoms with E-state index in [2.05, 4.69) is 24.1 Å². The maximum Gasteiger partial charge on any atom is 0.106 e. The summed E-state index contributed by atoms with van der Waals surface area (Å²) in [4.78, 5) is 2.55. The summed E-state index contributed by atoms with van der Waals surface area (Å²) in [6.07, 6.45) is 3.65. The number of methoxy groups -OCH3 is 1. The van der Waals surface area contributed by atoms with Gasteiger partial charge in [-0.1, -0.05) is 6.92 Å². The predicted octanol–water partition coefficient (Wildman–Crippen LogP) is 1.50. The molecule has 19 heavy (non-hydrogen) atoms. The highest BCUT2D eigenvalue weighted by molar-refractivity contribution is 4.89. The molecule has 2 rings (SSSR count). The lowest BCUT2D eigenvalue weighted by Gasteiger charge is -2.36. The van der Waals surface area contributed by atoms with Gasteiger partial charge in [0.1, 0.15) is 5.60 Å². The molecule has 4 nitrogen and oxygen atoms in total. The normalized spacial score (nSPS) is 31.7. The first-order valence-electron chi connectivity index (χ1n) is 7.78. The van der Waals surface area contributed by atoms with E-state index >= 15 is 0 Å². The van der Waals surface area contributed by atoms with Gasteiger partial charge in [0, 0.05) is 32.7 Å². The third-order valence-corrected chi connectivity index (χ3v) is 5.03. The van der Waals surface area contributed by atoms with Crippen LogP contribution in [-0.4, -0.2) is 63.0 Å². The Kier molecular flexibility index (Phi) is 5.63. The van der Waals surface area contributed by atoms with Crippen molar-refractivity contribution in [2.24, 2.45) is 5.92 Å². The molecule has 0 spiro atoms. The second kappa shape index (κ2) is 7.02. The van der Waals surface area contributed by atoms with Crippen LogP contribution in [0.3, 0.4) is 0 Å². The second-order valence-corrected chi connectivity index (χ2v) is 6.13. The highest BCUT2D eigenvalue weighted by atomic mass is 16.5.